The summed E-state index contributed by atoms with van der Waals surface area (Å²) < 4.78 is 8.73. The molecule has 0 bridgehead atoms. The fourth-order valence-electron chi connectivity index (χ4n) is 0.675. The Morgan fingerprint density at radius 3 is 2.85 bits per heavy atom. The first-order valence-electron chi connectivity index (χ1n) is 3.18. The molecule has 0 radical (unpaired) electrons. The van der Waals surface area contributed by atoms with E-state index in [0.29, 0.717) is 0 Å². The highest BCUT2D eigenvalue weighted by Gasteiger charge is 2.12. The smallest absolute Gasteiger partial charge is 0.450 e. The molecule has 70 valence electrons. The van der Waals surface area contributed by atoms with E-state index >= 15 is 0 Å². The summed E-state index contributed by atoms with van der Waals surface area (Å²) in [6.07, 6.45) is -1.46. The van der Waals surface area contributed by atoms with Gasteiger partial charge >= 0.3 is 12.0 Å². The molecule has 13 heavy (non-hydrogen) atoms. The van der Waals surface area contributed by atoms with Gasteiger partial charge in [0.1, 0.15) is 10.7 Å². The Balaban J connectivity index is 2.59. The van der Waals surface area contributed by atoms with Crippen molar-refractivity contribution >= 4 is 12.0 Å². The molecule has 1 aromatic rings. The third-order valence-electron chi connectivity index (χ3n) is 1.17. The van der Waals surface area contributed by atoms with Crippen LogP contribution >= 0.6 is 0 Å². The molecule has 0 saturated carbocycles. The van der Waals surface area contributed by atoms with Gasteiger partial charge in [0.15, 0.2) is 6.61 Å². The van der Waals surface area contributed by atoms with Crippen LogP contribution < -0.4 is 0 Å². The summed E-state index contributed by atoms with van der Waals surface area (Å²) in [5, 5.41) is 18.2. The summed E-state index contributed by atoms with van der Waals surface area (Å²) >= 11 is 0. The lowest BCUT2D eigenvalue weighted by Gasteiger charge is -1.93. The van der Waals surface area contributed by atoms with Crippen LogP contribution in [0.3, 0.4) is 0 Å². The summed E-state index contributed by atoms with van der Waals surface area (Å²) in [6.45, 7) is -0.330. The highest BCUT2D eigenvalue weighted by Crippen LogP contribution is 2.15. The highest BCUT2D eigenvalue weighted by molar-refractivity contribution is 5.56. The molecule has 0 aliphatic rings. The summed E-state index contributed by atoms with van der Waals surface area (Å²) in [5.41, 5.74) is 0. The summed E-state index contributed by atoms with van der Waals surface area (Å²) in [7, 11) is 0. The van der Waals surface area contributed by atoms with Crippen LogP contribution in [0.25, 0.3) is 0 Å². The quantitative estimate of drug-likeness (QED) is 0.435. The first kappa shape index (κ1) is 9.04. The van der Waals surface area contributed by atoms with Crippen molar-refractivity contribution in [3.8, 4) is 0 Å². The van der Waals surface area contributed by atoms with E-state index in [4.69, 9.17) is 5.11 Å². The van der Waals surface area contributed by atoms with Gasteiger partial charge in [0, 0.05) is 0 Å². The number of hydrogen-bond acceptors (Lipinski definition) is 5. The third-order valence-corrected chi connectivity index (χ3v) is 1.17. The Hall–Kier alpha value is -2.05. The molecule has 1 aromatic heterocycles. The van der Waals surface area contributed by atoms with Crippen LogP contribution in [0, 0.1) is 10.1 Å². The molecule has 0 aliphatic carbocycles. The van der Waals surface area contributed by atoms with Gasteiger partial charge in [-0.3, -0.25) is 10.1 Å². The van der Waals surface area contributed by atoms with Crippen molar-refractivity contribution in [2.75, 3.05) is 0 Å². The Bertz CT molecular complexity index is 330. The lowest BCUT2D eigenvalue weighted by molar-refractivity contribution is -0.402. The van der Waals surface area contributed by atoms with Crippen LogP contribution in [-0.2, 0) is 11.3 Å². The molecule has 0 amide bonds. The van der Waals surface area contributed by atoms with E-state index < -0.39 is 17.0 Å². The molecule has 0 unspecified atom stereocenters. The molecular weight excluding hydrogens is 182 g/mol. The SMILES string of the molecule is O=C(O)OCc1ccc([N+](=O)[O-])o1. The number of carbonyl (C=O) groups is 1. The molecule has 0 atom stereocenters. The van der Waals surface area contributed by atoms with Crippen molar-refractivity contribution in [2.45, 2.75) is 6.61 Å². The topological polar surface area (TPSA) is 103 Å². The van der Waals surface area contributed by atoms with E-state index in [-0.39, 0.29) is 12.4 Å². The minimum absolute atomic E-state index is 0.0918. The Labute approximate surface area is 71.7 Å². The standard InChI is InChI=1S/C6H5NO6/c8-6(9)12-3-4-1-2-5(13-4)7(10)11/h1-2H,3H2,(H,8,9). The van der Waals surface area contributed by atoms with E-state index in [1.807, 2.05) is 0 Å². The molecule has 0 spiro atoms. The second kappa shape index (κ2) is 3.57. The normalized spacial score (nSPS) is 9.54. The molecule has 0 aliphatic heterocycles. The monoisotopic (exact) mass is 187 g/mol. The zero-order valence-electron chi connectivity index (χ0n) is 6.30. The second-order valence-electron chi connectivity index (χ2n) is 2.05. The maximum absolute atomic E-state index is 10.1. The fraction of sp³-hybridized carbons (Fsp3) is 0.167. The van der Waals surface area contributed by atoms with Gasteiger partial charge in [0.05, 0.1) is 6.07 Å². The summed E-state index contributed by atoms with van der Waals surface area (Å²) in [6, 6.07) is 2.40. The Morgan fingerprint density at radius 2 is 2.38 bits per heavy atom. The largest absolute Gasteiger partial charge is 0.506 e. The maximum atomic E-state index is 10.1. The van der Waals surface area contributed by atoms with E-state index in [1.165, 1.54) is 6.07 Å². The summed E-state index contributed by atoms with van der Waals surface area (Å²) in [4.78, 5) is 19.3. The predicted octanol–water partition coefficient (Wildman–Crippen LogP) is 1.38. The third kappa shape index (κ3) is 2.47. The first-order chi connectivity index (χ1) is 6.09. The molecule has 1 heterocycles. The molecule has 0 aromatic carbocycles. The predicted molar refractivity (Wildman–Crippen MR) is 38.2 cm³/mol. The maximum Gasteiger partial charge on any atom is 0.506 e. The lowest BCUT2D eigenvalue weighted by atomic mass is 10.5. The Morgan fingerprint density at radius 1 is 1.69 bits per heavy atom. The van der Waals surface area contributed by atoms with Crippen LogP contribution in [0.15, 0.2) is 16.5 Å². The fourth-order valence-corrected chi connectivity index (χ4v) is 0.675. The average Bonchev–Trinajstić information content (AvgIpc) is 2.48. The number of hydrogen-bond donors (Lipinski definition) is 1. The van der Waals surface area contributed by atoms with Crippen LogP contribution in [0.4, 0.5) is 10.7 Å². The van der Waals surface area contributed by atoms with Gasteiger partial charge in [0.2, 0.25) is 0 Å². The van der Waals surface area contributed by atoms with E-state index in [1.54, 1.807) is 0 Å². The minimum Gasteiger partial charge on any atom is -0.450 e. The number of furan rings is 1. The van der Waals surface area contributed by atoms with Crippen molar-refractivity contribution in [1.29, 1.82) is 0 Å². The molecule has 1 rings (SSSR count). The van der Waals surface area contributed by atoms with E-state index in [2.05, 4.69) is 9.15 Å². The molecule has 7 heteroatoms. The van der Waals surface area contributed by atoms with Crippen molar-refractivity contribution < 1.29 is 24.0 Å². The van der Waals surface area contributed by atoms with Crippen LogP contribution in [0.2, 0.25) is 0 Å². The number of nitrogens with zero attached hydrogens (tertiary/aromatic N) is 1. The van der Waals surface area contributed by atoms with Gasteiger partial charge < -0.3 is 14.3 Å². The molecular formula is C6H5NO6. The van der Waals surface area contributed by atoms with Gasteiger partial charge in [-0.05, 0) is 6.07 Å². The second-order valence-corrected chi connectivity index (χ2v) is 2.05. The van der Waals surface area contributed by atoms with Crippen LogP contribution in [-0.4, -0.2) is 16.2 Å². The highest BCUT2D eigenvalue weighted by atomic mass is 16.7. The van der Waals surface area contributed by atoms with Crippen molar-refractivity contribution in [1.82, 2.24) is 0 Å². The van der Waals surface area contributed by atoms with E-state index in [9.17, 15) is 14.9 Å². The average molecular weight is 187 g/mol. The molecule has 0 saturated heterocycles. The zero-order chi connectivity index (χ0) is 9.84. The van der Waals surface area contributed by atoms with Crippen LogP contribution in [0.5, 0.6) is 0 Å². The number of rotatable bonds is 3. The number of nitro groups is 1. The number of carboxylic acid groups (broad SMARTS) is 1. The van der Waals surface area contributed by atoms with Gasteiger partial charge in [-0.25, -0.2) is 4.79 Å². The number of ether oxygens (including phenoxy) is 1. The first-order valence-corrected chi connectivity index (χ1v) is 3.18. The van der Waals surface area contributed by atoms with Gasteiger partial charge in [-0.15, -0.1) is 0 Å². The van der Waals surface area contributed by atoms with Crippen LogP contribution in [0.1, 0.15) is 5.76 Å². The van der Waals surface area contributed by atoms with Gasteiger partial charge in [-0.1, -0.05) is 0 Å². The van der Waals surface area contributed by atoms with Crippen molar-refractivity contribution in [3.63, 3.8) is 0 Å². The minimum atomic E-state index is -1.46. The van der Waals surface area contributed by atoms with Crippen molar-refractivity contribution in [3.05, 3.63) is 28.0 Å². The van der Waals surface area contributed by atoms with Gasteiger partial charge in [0.25, 0.3) is 0 Å². The van der Waals surface area contributed by atoms with E-state index in [0.717, 1.165) is 6.07 Å². The zero-order valence-corrected chi connectivity index (χ0v) is 6.30. The van der Waals surface area contributed by atoms with Crippen molar-refractivity contribution in [2.24, 2.45) is 0 Å². The molecule has 1 N–H and O–H groups in total. The Kier molecular flexibility index (Phi) is 2.48. The summed E-state index contributed by atoms with van der Waals surface area (Å²) in [5.74, 6) is -0.349. The molecule has 0 fully saturated rings. The molecule has 7 nitrogen and oxygen atoms in total. The van der Waals surface area contributed by atoms with Gasteiger partial charge in [-0.2, -0.15) is 0 Å². The lowest BCUT2D eigenvalue weighted by Crippen LogP contribution is -1.98.